The van der Waals surface area contributed by atoms with Gasteiger partial charge in [-0.1, -0.05) is 18.2 Å². The van der Waals surface area contributed by atoms with Crippen LogP contribution >= 0.6 is 0 Å². The molecule has 2 rings (SSSR count). The second-order valence-electron chi connectivity index (χ2n) is 5.46. The van der Waals surface area contributed by atoms with E-state index in [2.05, 4.69) is 4.90 Å². The highest BCUT2D eigenvalue weighted by Gasteiger charge is 2.29. The van der Waals surface area contributed by atoms with Crippen LogP contribution in [0.1, 0.15) is 30.4 Å². The van der Waals surface area contributed by atoms with Crippen LogP contribution in [-0.4, -0.2) is 41.7 Å². The van der Waals surface area contributed by atoms with Crippen molar-refractivity contribution in [2.45, 2.75) is 39.2 Å². The maximum Gasteiger partial charge on any atom is 0.320 e. The van der Waals surface area contributed by atoms with Crippen LogP contribution in [-0.2, 0) is 4.79 Å². The van der Waals surface area contributed by atoms with Crippen LogP contribution in [0.25, 0.3) is 0 Å². The molecule has 1 heterocycles. The molecule has 110 valence electrons. The predicted octanol–water partition coefficient (Wildman–Crippen LogP) is 2.62. The average Bonchev–Trinajstić information content (AvgIpc) is 2.86. The fourth-order valence-corrected chi connectivity index (χ4v) is 2.84. The Balaban J connectivity index is 1.78. The minimum absolute atomic E-state index is 0.296. The van der Waals surface area contributed by atoms with Crippen molar-refractivity contribution < 1.29 is 14.6 Å². The summed E-state index contributed by atoms with van der Waals surface area (Å²) in [4.78, 5) is 13.1. The maximum atomic E-state index is 11.1. The Morgan fingerprint density at radius 2 is 2.10 bits per heavy atom. The number of hydrogen-bond donors (Lipinski definition) is 1. The van der Waals surface area contributed by atoms with E-state index in [1.165, 1.54) is 0 Å². The lowest BCUT2D eigenvalue weighted by atomic mass is 10.1. The van der Waals surface area contributed by atoms with Gasteiger partial charge in [-0.05, 0) is 50.8 Å². The first-order chi connectivity index (χ1) is 9.59. The molecule has 0 radical (unpaired) electrons. The van der Waals surface area contributed by atoms with E-state index in [1.54, 1.807) is 0 Å². The van der Waals surface area contributed by atoms with Crippen molar-refractivity contribution in [2.75, 3.05) is 19.7 Å². The molecule has 1 aromatic carbocycles. The normalized spacial score (nSPS) is 19.2. The largest absolute Gasteiger partial charge is 0.493 e. The van der Waals surface area contributed by atoms with Crippen LogP contribution in [0, 0.1) is 13.8 Å². The first-order valence-corrected chi connectivity index (χ1v) is 7.25. The van der Waals surface area contributed by atoms with Gasteiger partial charge in [0.25, 0.3) is 0 Å². The summed E-state index contributed by atoms with van der Waals surface area (Å²) in [6.07, 6.45) is 2.61. The lowest BCUT2D eigenvalue weighted by molar-refractivity contribution is -0.142. The smallest absolute Gasteiger partial charge is 0.320 e. The number of aliphatic carboxylic acids is 1. The standard InChI is InChI=1S/C16H23NO3/c1-12-6-3-7-13(2)15(12)20-11-5-10-17-9-4-8-14(17)16(18)19/h3,6-7,14H,4-5,8-11H2,1-2H3,(H,18,19)/t14-/m1/s1. The minimum Gasteiger partial charge on any atom is -0.493 e. The third-order valence-electron chi connectivity index (χ3n) is 3.89. The molecule has 0 aliphatic carbocycles. The molecule has 1 aromatic rings. The van der Waals surface area contributed by atoms with Crippen molar-refractivity contribution >= 4 is 5.97 Å². The van der Waals surface area contributed by atoms with Crippen molar-refractivity contribution in [3.63, 3.8) is 0 Å². The summed E-state index contributed by atoms with van der Waals surface area (Å²) >= 11 is 0. The van der Waals surface area contributed by atoms with Gasteiger partial charge in [-0.2, -0.15) is 0 Å². The number of aryl methyl sites for hydroxylation is 2. The SMILES string of the molecule is Cc1cccc(C)c1OCCCN1CCC[C@@H]1C(=O)O. The van der Waals surface area contributed by atoms with Crippen LogP contribution in [0.3, 0.4) is 0 Å². The van der Waals surface area contributed by atoms with E-state index in [9.17, 15) is 4.79 Å². The molecule has 0 unspecified atom stereocenters. The quantitative estimate of drug-likeness (QED) is 0.812. The number of carbonyl (C=O) groups is 1. The highest BCUT2D eigenvalue weighted by Crippen LogP contribution is 2.23. The zero-order chi connectivity index (χ0) is 14.5. The number of carboxylic acid groups (broad SMARTS) is 1. The van der Waals surface area contributed by atoms with Gasteiger partial charge in [-0.15, -0.1) is 0 Å². The molecule has 4 nitrogen and oxygen atoms in total. The van der Waals surface area contributed by atoms with Gasteiger partial charge in [-0.25, -0.2) is 0 Å². The Bertz CT molecular complexity index is 453. The van der Waals surface area contributed by atoms with Gasteiger partial charge in [-0.3, -0.25) is 9.69 Å². The second-order valence-corrected chi connectivity index (χ2v) is 5.46. The molecule has 20 heavy (non-hydrogen) atoms. The number of likely N-dealkylation sites (tertiary alicyclic amines) is 1. The van der Waals surface area contributed by atoms with E-state index in [0.29, 0.717) is 6.61 Å². The van der Waals surface area contributed by atoms with Gasteiger partial charge in [0, 0.05) is 6.54 Å². The fraction of sp³-hybridized carbons (Fsp3) is 0.562. The lowest BCUT2D eigenvalue weighted by Crippen LogP contribution is -2.36. The number of carboxylic acids is 1. The topological polar surface area (TPSA) is 49.8 Å². The summed E-state index contributed by atoms with van der Waals surface area (Å²) in [7, 11) is 0. The summed E-state index contributed by atoms with van der Waals surface area (Å²) in [5.41, 5.74) is 2.30. The van der Waals surface area contributed by atoms with Crippen LogP contribution in [0.5, 0.6) is 5.75 Å². The first-order valence-electron chi connectivity index (χ1n) is 7.25. The van der Waals surface area contributed by atoms with E-state index in [4.69, 9.17) is 9.84 Å². The van der Waals surface area contributed by atoms with Gasteiger partial charge in [0.2, 0.25) is 0 Å². The summed E-state index contributed by atoms with van der Waals surface area (Å²) < 4.78 is 5.85. The van der Waals surface area contributed by atoms with E-state index < -0.39 is 5.97 Å². The molecule has 1 aliphatic rings. The van der Waals surface area contributed by atoms with Crippen LogP contribution in [0.2, 0.25) is 0 Å². The highest BCUT2D eigenvalue weighted by atomic mass is 16.5. The van der Waals surface area contributed by atoms with Gasteiger partial charge >= 0.3 is 5.97 Å². The van der Waals surface area contributed by atoms with Crippen molar-refractivity contribution in [3.8, 4) is 5.75 Å². The van der Waals surface area contributed by atoms with E-state index in [1.807, 2.05) is 32.0 Å². The zero-order valence-electron chi connectivity index (χ0n) is 12.3. The molecule has 0 saturated carbocycles. The van der Waals surface area contributed by atoms with Crippen molar-refractivity contribution in [1.29, 1.82) is 0 Å². The molecule has 1 saturated heterocycles. The third kappa shape index (κ3) is 3.51. The summed E-state index contributed by atoms with van der Waals surface area (Å²) in [5, 5.41) is 9.12. The molecule has 1 fully saturated rings. The number of hydrogen-bond acceptors (Lipinski definition) is 3. The number of ether oxygens (including phenoxy) is 1. The number of rotatable bonds is 6. The Morgan fingerprint density at radius 3 is 2.75 bits per heavy atom. The van der Waals surface area contributed by atoms with Crippen molar-refractivity contribution in [2.24, 2.45) is 0 Å². The molecule has 1 atom stereocenters. The number of benzene rings is 1. The van der Waals surface area contributed by atoms with Gasteiger partial charge in [0.1, 0.15) is 11.8 Å². The Morgan fingerprint density at radius 1 is 1.40 bits per heavy atom. The van der Waals surface area contributed by atoms with Crippen molar-refractivity contribution in [1.82, 2.24) is 4.90 Å². The van der Waals surface area contributed by atoms with Gasteiger partial charge in [0.05, 0.1) is 6.61 Å². The van der Waals surface area contributed by atoms with Crippen LogP contribution < -0.4 is 4.74 Å². The van der Waals surface area contributed by atoms with E-state index >= 15 is 0 Å². The summed E-state index contributed by atoms with van der Waals surface area (Å²) in [6.45, 7) is 6.41. The summed E-state index contributed by atoms with van der Waals surface area (Å²) in [5.74, 6) is 0.266. The highest BCUT2D eigenvalue weighted by molar-refractivity contribution is 5.73. The monoisotopic (exact) mass is 277 g/mol. The number of nitrogens with zero attached hydrogens (tertiary/aromatic N) is 1. The molecule has 0 amide bonds. The van der Waals surface area contributed by atoms with Crippen LogP contribution in [0.4, 0.5) is 0 Å². The third-order valence-corrected chi connectivity index (χ3v) is 3.89. The fourth-order valence-electron chi connectivity index (χ4n) is 2.84. The average molecular weight is 277 g/mol. The molecular formula is C16H23NO3. The predicted molar refractivity (Wildman–Crippen MR) is 78.3 cm³/mol. The molecular weight excluding hydrogens is 254 g/mol. The molecule has 1 aliphatic heterocycles. The van der Waals surface area contributed by atoms with Crippen LogP contribution in [0.15, 0.2) is 18.2 Å². The minimum atomic E-state index is -0.696. The second kappa shape index (κ2) is 6.75. The summed E-state index contributed by atoms with van der Waals surface area (Å²) in [6, 6.07) is 5.82. The van der Waals surface area contributed by atoms with Gasteiger partial charge in [0.15, 0.2) is 0 Å². The molecule has 0 spiro atoms. The van der Waals surface area contributed by atoms with E-state index in [-0.39, 0.29) is 6.04 Å². The Hall–Kier alpha value is -1.55. The molecule has 1 N–H and O–H groups in total. The molecule has 0 bridgehead atoms. The zero-order valence-corrected chi connectivity index (χ0v) is 12.3. The van der Waals surface area contributed by atoms with E-state index in [0.717, 1.165) is 49.2 Å². The van der Waals surface area contributed by atoms with Crippen molar-refractivity contribution in [3.05, 3.63) is 29.3 Å². The molecule has 0 aromatic heterocycles. The lowest BCUT2D eigenvalue weighted by Gasteiger charge is -2.21. The molecule has 4 heteroatoms. The van der Waals surface area contributed by atoms with Gasteiger partial charge < -0.3 is 9.84 Å². The Labute approximate surface area is 120 Å². The number of para-hydroxylation sites is 1. The first kappa shape index (κ1) is 14.9. The maximum absolute atomic E-state index is 11.1. The Kier molecular flexibility index (Phi) is 5.01.